The Morgan fingerprint density at radius 2 is 2.29 bits per heavy atom. The first kappa shape index (κ1) is 9.85. The van der Waals surface area contributed by atoms with Crippen LogP contribution in [0.4, 0.5) is 0 Å². The molecule has 0 aliphatic rings. The van der Waals surface area contributed by atoms with E-state index in [2.05, 4.69) is 20.2 Å². The summed E-state index contributed by atoms with van der Waals surface area (Å²) < 4.78 is 0. The van der Waals surface area contributed by atoms with E-state index in [1.165, 1.54) is 12.3 Å². The Balaban J connectivity index is 0.000000165. The summed E-state index contributed by atoms with van der Waals surface area (Å²) in [4.78, 5) is 16.7. The average molecular weight is 191 g/mol. The average Bonchev–Trinajstić information content (AvgIpc) is 2.77. The van der Waals surface area contributed by atoms with E-state index >= 15 is 0 Å². The van der Waals surface area contributed by atoms with Gasteiger partial charge in [-0.2, -0.15) is 5.10 Å². The molecule has 0 saturated carbocycles. The zero-order chi connectivity index (χ0) is 10.2. The number of imidazole rings is 1. The maximum atomic E-state index is 10.3. The lowest BCUT2D eigenvalue weighted by Crippen LogP contribution is -2.12. The molecule has 0 spiro atoms. The molecule has 6 nitrogen and oxygen atoms in total. The minimum Gasteiger partial charge on any atom is -0.364 e. The Hall–Kier alpha value is -2.24. The van der Waals surface area contributed by atoms with Crippen LogP contribution in [-0.2, 0) is 0 Å². The molecule has 0 atom stereocenters. The molecule has 2 aromatic heterocycles. The Kier molecular flexibility index (Phi) is 3.81. The number of hydrogen-bond donors (Lipinski definition) is 2. The van der Waals surface area contributed by atoms with E-state index in [-0.39, 0.29) is 5.69 Å². The normalized spacial score (nSPS) is 8.57. The van der Waals surface area contributed by atoms with E-state index in [9.17, 15) is 4.79 Å². The summed E-state index contributed by atoms with van der Waals surface area (Å²) in [5, 5.41) is 6.91. The summed E-state index contributed by atoms with van der Waals surface area (Å²) in [5.41, 5.74) is 5.06. The van der Waals surface area contributed by atoms with Crippen molar-refractivity contribution in [1.29, 1.82) is 0 Å². The van der Waals surface area contributed by atoms with Gasteiger partial charge in [0.25, 0.3) is 5.91 Å². The molecule has 0 unspecified atom stereocenters. The third-order valence-corrected chi connectivity index (χ3v) is 1.23. The predicted molar refractivity (Wildman–Crippen MR) is 49.1 cm³/mol. The maximum Gasteiger partial charge on any atom is 0.269 e. The molecule has 3 N–H and O–H groups in total. The van der Waals surface area contributed by atoms with Crippen molar-refractivity contribution in [2.75, 3.05) is 0 Å². The summed E-state index contributed by atoms with van der Waals surface area (Å²) in [7, 11) is 0. The number of primary amides is 1. The van der Waals surface area contributed by atoms with Crippen molar-refractivity contribution >= 4 is 5.91 Å². The number of nitrogens with two attached hydrogens (primary N) is 1. The molecule has 2 aromatic rings. The molecular weight excluding hydrogens is 182 g/mol. The van der Waals surface area contributed by atoms with Crippen molar-refractivity contribution in [2.24, 2.45) is 5.73 Å². The number of aromatic amines is 1. The molecule has 2 heterocycles. The van der Waals surface area contributed by atoms with Crippen LogP contribution in [0.3, 0.4) is 0 Å². The van der Waals surface area contributed by atoms with Crippen molar-refractivity contribution in [3.63, 3.8) is 0 Å². The van der Waals surface area contributed by atoms with E-state index in [0.29, 0.717) is 0 Å². The molecule has 0 saturated heterocycles. The fourth-order valence-electron chi connectivity index (χ4n) is 0.648. The highest BCUT2D eigenvalue weighted by atomic mass is 16.1. The number of carbonyl (C=O) groups excluding carboxylic acids is 1. The van der Waals surface area contributed by atoms with E-state index in [0.717, 1.165) is 0 Å². The minimum atomic E-state index is -0.553. The Labute approximate surface area is 80.2 Å². The quantitative estimate of drug-likeness (QED) is 0.662. The summed E-state index contributed by atoms with van der Waals surface area (Å²) >= 11 is 0. The van der Waals surface area contributed by atoms with Gasteiger partial charge in [0.2, 0.25) is 0 Å². The number of aromatic nitrogens is 4. The van der Waals surface area contributed by atoms with Crippen molar-refractivity contribution in [3.8, 4) is 0 Å². The Morgan fingerprint density at radius 1 is 1.43 bits per heavy atom. The van der Waals surface area contributed by atoms with Crippen molar-refractivity contribution < 1.29 is 4.79 Å². The molecule has 0 aromatic carbocycles. The first-order valence-electron chi connectivity index (χ1n) is 3.81. The second-order valence-corrected chi connectivity index (χ2v) is 2.23. The molecule has 14 heavy (non-hydrogen) atoms. The maximum absolute atomic E-state index is 10.3. The van der Waals surface area contributed by atoms with Crippen LogP contribution in [-0.4, -0.2) is 26.1 Å². The fourth-order valence-corrected chi connectivity index (χ4v) is 0.648. The molecule has 0 radical (unpaired) electrons. The zero-order valence-electron chi connectivity index (χ0n) is 7.29. The highest BCUT2D eigenvalue weighted by Gasteiger charge is 1.97. The van der Waals surface area contributed by atoms with Crippen LogP contribution in [0.25, 0.3) is 0 Å². The largest absolute Gasteiger partial charge is 0.364 e. The lowest BCUT2D eigenvalue weighted by Gasteiger charge is -1.87. The van der Waals surface area contributed by atoms with Crippen LogP contribution in [0, 0.1) is 0 Å². The predicted octanol–water partition coefficient (Wildman–Crippen LogP) is -0.0148. The molecule has 1 amide bonds. The third-order valence-electron chi connectivity index (χ3n) is 1.23. The van der Waals surface area contributed by atoms with Gasteiger partial charge in [-0.1, -0.05) is 0 Å². The van der Waals surface area contributed by atoms with Crippen LogP contribution < -0.4 is 5.73 Å². The number of amides is 1. The molecule has 72 valence electrons. The minimum absolute atomic E-state index is 0.192. The van der Waals surface area contributed by atoms with E-state index in [1.807, 2.05) is 0 Å². The van der Waals surface area contributed by atoms with E-state index in [4.69, 9.17) is 5.73 Å². The van der Waals surface area contributed by atoms with Gasteiger partial charge in [0.15, 0.2) is 5.69 Å². The van der Waals surface area contributed by atoms with Crippen molar-refractivity contribution in [3.05, 3.63) is 42.7 Å². The van der Waals surface area contributed by atoms with Gasteiger partial charge >= 0.3 is 0 Å². The molecule has 0 fully saturated rings. The monoisotopic (exact) mass is 191 g/mol. The zero-order valence-corrected chi connectivity index (χ0v) is 7.29. The van der Waals surface area contributed by atoms with Crippen LogP contribution in [0.1, 0.15) is 10.5 Å². The van der Waals surface area contributed by atoms with Gasteiger partial charge < -0.3 is 10.7 Å². The van der Waals surface area contributed by atoms with Crippen molar-refractivity contribution in [2.45, 2.75) is 0 Å². The van der Waals surface area contributed by atoms with Gasteiger partial charge in [0, 0.05) is 18.6 Å². The lowest BCUT2D eigenvalue weighted by molar-refractivity contribution is 0.0994. The molecule has 6 heteroatoms. The van der Waals surface area contributed by atoms with E-state index < -0.39 is 5.91 Å². The standard InChI is InChI=1S/C5H5N3O.C3H4N2/c6-5(9)4-2-1-3-7-8-4;1-2-5-3-4-1/h1-3H,(H2,6,9);1-3H,(H,4,5). The lowest BCUT2D eigenvalue weighted by atomic mass is 10.4. The molecule has 0 bridgehead atoms. The molecule has 0 aliphatic carbocycles. The Morgan fingerprint density at radius 3 is 2.57 bits per heavy atom. The summed E-state index contributed by atoms with van der Waals surface area (Å²) in [6.45, 7) is 0. The number of H-pyrrole nitrogens is 1. The first-order chi connectivity index (χ1) is 6.80. The number of nitrogens with zero attached hydrogens (tertiary/aromatic N) is 3. The van der Waals surface area contributed by atoms with Crippen LogP contribution >= 0.6 is 0 Å². The number of nitrogens with one attached hydrogen (secondary N) is 1. The third kappa shape index (κ3) is 3.44. The van der Waals surface area contributed by atoms with Gasteiger partial charge in [0.1, 0.15) is 0 Å². The number of hydrogen-bond acceptors (Lipinski definition) is 4. The van der Waals surface area contributed by atoms with Crippen LogP contribution in [0.2, 0.25) is 0 Å². The summed E-state index contributed by atoms with van der Waals surface area (Å²) in [6.07, 6.45) is 6.56. The Bertz CT molecular complexity index is 341. The van der Waals surface area contributed by atoms with Gasteiger partial charge in [-0.3, -0.25) is 4.79 Å². The van der Waals surface area contributed by atoms with Gasteiger partial charge in [-0.25, -0.2) is 4.98 Å². The highest BCUT2D eigenvalue weighted by Crippen LogP contribution is 1.86. The van der Waals surface area contributed by atoms with Crippen LogP contribution in [0.15, 0.2) is 37.1 Å². The smallest absolute Gasteiger partial charge is 0.269 e. The van der Waals surface area contributed by atoms with Crippen molar-refractivity contribution in [1.82, 2.24) is 20.2 Å². The SMILES string of the molecule is NC(=O)c1cccnn1.c1c[nH]cn1. The van der Waals surface area contributed by atoms with Crippen LogP contribution in [0.5, 0.6) is 0 Å². The first-order valence-corrected chi connectivity index (χ1v) is 3.81. The van der Waals surface area contributed by atoms with Gasteiger partial charge in [-0.15, -0.1) is 5.10 Å². The molecule has 0 aliphatic heterocycles. The molecular formula is C8H9N5O. The number of rotatable bonds is 1. The van der Waals surface area contributed by atoms with Gasteiger partial charge in [-0.05, 0) is 12.1 Å². The second-order valence-electron chi connectivity index (χ2n) is 2.23. The van der Waals surface area contributed by atoms with Gasteiger partial charge in [0.05, 0.1) is 6.33 Å². The highest BCUT2D eigenvalue weighted by molar-refractivity contribution is 5.90. The fraction of sp³-hybridized carbons (Fsp3) is 0. The second kappa shape index (κ2) is 5.41. The topological polar surface area (TPSA) is 97.5 Å². The summed E-state index contributed by atoms with van der Waals surface area (Å²) in [5.74, 6) is -0.553. The summed E-state index contributed by atoms with van der Waals surface area (Å²) in [6, 6.07) is 3.11. The number of carbonyl (C=O) groups is 1. The molecule has 2 rings (SSSR count). The van der Waals surface area contributed by atoms with E-state index in [1.54, 1.807) is 24.8 Å².